The maximum absolute atomic E-state index is 6.60. The van der Waals surface area contributed by atoms with E-state index in [1.54, 1.807) is 11.8 Å². The third-order valence-corrected chi connectivity index (χ3v) is 7.90. The zero-order valence-corrected chi connectivity index (χ0v) is 21.6. The Morgan fingerprint density at radius 3 is 2.42 bits per heavy atom. The Kier molecular flexibility index (Phi) is 7.82. The molecule has 0 radical (unpaired) electrons. The number of anilines is 1. The topological polar surface area (TPSA) is 77.3 Å². The van der Waals surface area contributed by atoms with Gasteiger partial charge in [0.1, 0.15) is 5.75 Å². The van der Waals surface area contributed by atoms with Crippen LogP contribution >= 0.6 is 0 Å². The van der Waals surface area contributed by atoms with E-state index < -0.39 is 0 Å². The number of benzene rings is 2. The second-order valence-corrected chi connectivity index (χ2v) is 10.2. The summed E-state index contributed by atoms with van der Waals surface area (Å²) in [4.78, 5) is 2.35. The normalized spacial score (nSPS) is 26.3. The Labute approximate surface area is 214 Å². The quantitative estimate of drug-likeness (QED) is 0.484. The third-order valence-electron chi connectivity index (χ3n) is 7.90. The van der Waals surface area contributed by atoms with E-state index in [0.29, 0.717) is 24.7 Å². The van der Waals surface area contributed by atoms with E-state index in [1.165, 1.54) is 24.0 Å². The number of tetrazole rings is 1. The first-order valence-electron chi connectivity index (χ1n) is 13.2. The maximum Gasteiger partial charge on any atom is 0.245 e. The summed E-state index contributed by atoms with van der Waals surface area (Å²) in [7, 11) is 3.60. The fourth-order valence-corrected chi connectivity index (χ4v) is 5.88. The van der Waals surface area contributed by atoms with Crippen LogP contribution < -0.4 is 15.0 Å². The minimum absolute atomic E-state index is 0.162. The summed E-state index contributed by atoms with van der Waals surface area (Å²) in [6, 6.07) is 19.9. The van der Waals surface area contributed by atoms with Crippen molar-refractivity contribution in [3.05, 3.63) is 65.7 Å². The smallest absolute Gasteiger partial charge is 0.245 e. The molecule has 1 saturated heterocycles. The van der Waals surface area contributed by atoms with Gasteiger partial charge in [-0.3, -0.25) is 0 Å². The number of nitrogens with zero attached hydrogens (tertiary/aromatic N) is 5. The molecule has 1 aliphatic heterocycles. The van der Waals surface area contributed by atoms with Gasteiger partial charge in [0.05, 0.1) is 25.9 Å². The van der Waals surface area contributed by atoms with E-state index >= 15 is 0 Å². The van der Waals surface area contributed by atoms with E-state index in [2.05, 4.69) is 75.1 Å². The SMILES string of the molecule is COc1ccc(CN[C@H]2C[C@@H](C)N(c3nnnn3C)C2CO[C@H]2CC[C@@H](c3ccccc3)CC2)cc1. The molecule has 1 saturated carbocycles. The number of ether oxygens (including phenoxy) is 2. The van der Waals surface area contributed by atoms with Crippen LogP contribution in [0.15, 0.2) is 54.6 Å². The van der Waals surface area contributed by atoms with Crippen LogP contribution in [0, 0.1) is 0 Å². The molecule has 8 nitrogen and oxygen atoms in total. The highest BCUT2D eigenvalue weighted by atomic mass is 16.5. The lowest BCUT2D eigenvalue weighted by Gasteiger charge is -2.34. The largest absolute Gasteiger partial charge is 0.497 e. The summed E-state index contributed by atoms with van der Waals surface area (Å²) in [5, 5.41) is 16.1. The first-order valence-corrected chi connectivity index (χ1v) is 13.2. The van der Waals surface area contributed by atoms with Gasteiger partial charge in [-0.2, -0.15) is 0 Å². The predicted molar refractivity (Wildman–Crippen MR) is 140 cm³/mol. The summed E-state index contributed by atoms with van der Waals surface area (Å²) >= 11 is 0. The highest BCUT2D eigenvalue weighted by molar-refractivity contribution is 5.37. The van der Waals surface area contributed by atoms with Crippen LogP contribution in [0.3, 0.4) is 0 Å². The molecule has 0 bridgehead atoms. The van der Waals surface area contributed by atoms with Gasteiger partial charge in [0, 0.05) is 25.7 Å². The molecular weight excluding hydrogens is 452 g/mol. The van der Waals surface area contributed by atoms with Crippen LogP contribution in [0.5, 0.6) is 5.75 Å². The monoisotopic (exact) mass is 490 g/mol. The molecule has 2 aliphatic rings. The van der Waals surface area contributed by atoms with Gasteiger partial charge >= 0.3 is 0 Å². The Bertz CT molecular complexity index is 1080. The molecule has 1 N–H and O–H groups in total. The van der Waals surface area contributed by atoms with Crippen molar-refractivity contribution in [2.45, 2.75) is 75.7 Å². The highest BCUT2D eigenvalue weighted by Gasteiger charge is 2.41. The molecule has 1 unspecified atom stereocenters. The van der Waals surface area contributed by atoms with Gasteiger partial charge in [0.15, 0.2) is 0 Å². The molecule has 0 spiro atoms. The van der Waals surface area contributed by atoms with Gasteiger partial charge in [0.25, 0.3) is 0 Å². The number of aryl methyl sites for hydroxylation is 1. The molecule has 3 aromatic rings. The lowest BCUT2D eigenvalue weighted by molar-refractivity contribution is 0.0144. The molecule has 192 valence electrons. The number of rotatable bonds is 9. The summed E-state index contributed by atoms with van der Waals surface area (Å²) in [6.45, 7) is 3.71. The van der Waals surface area contributed by atoms with Crippen LogP contribution in [0.25, 0.3) is 0 Å². The number of hydrogen-bond acceptors (Lipinski definition) is 7. The predicted octanol–water partition coefficient (Wildman–Crippen LogP) is 4.09. The van der Waals surface area contributed by atoms with E-state index in [0.717, 1.165) is 37.5 Å². The first kappa shape index (κ1) is 24.7. The molecule has 2 heterocycles. The van der Waals surface area contributed by atoms with Crippen LogP contribution in [0.4, 0.5) is 5.95 Å². The molecule has 8 heteroatoms. The van der Waals surface area contributed by atoms with E-state index in [1.807, 2.05) is 19.2 Å². The lowest BCUT2D eigenvalue weighted by Crippen LogP contribution is -2.48. The Balaban J connectivity index is 1.23. The summed E-state index contributed by atoms with van der Waals surface area (Å²) in [5.74, 6) is 2.33. The van der Waals surface area contributed by atoms with Gasteiger partial charge in [-0.15, -0.1) is 0 Å². The van der Waals surface area contributed by atoms with Crippen LogP contribution in [0.2, 0.25) is 0 Å². The number of hydrogen-bond donors (Lipinski definition) is 1. The summed E-state index contributed by atoms with van der Waals surface area (Å²) < 4.78 is 13.7. The number of nitrogens with one attached hydrogen (secondary N) is 1. The zero-order valence-electron chi connectivity index (χ0n) is 21.6. The fourth-order valence-electron chi connectivity index (χ4n) is 5.88. The van der Waals surface area contributed by atoms with Crippen LogP contribution in [-0.4, -0.2) is 58.2 Å². The van der Waals surface area contributed by atoms with Crippen molar-refractivity contribution in [1.29, 1.82) is 0 Å². The summed E-state index contributed by atoms with van der Waals surface area (Å²) in [6.07, 6.45) is 5.91. The van der Waals surface area contributed by atoms with Crippen molar-refractivity contribution < 1.29 is 9.47 Å². The lowest BCUT2D eigenvalue weighted by atomic mass is 9.83. The van der Waals surface area contributed by atoms with Crippen molar-refractivity contribution in [2.24, 2.45) is 7.05 Å². The number of methoxy groups -OCH3 is 1. The van der Waals surface area contributed by atoms with Crippen LogP contribution in [0.1, 0.15) is 56.1 Å². The molecular formula is C28H38N6O2. The second-order valence-electron chi connectivity index (χ2n) is 10.2. The minimum atomic E-state index is 0.162. The van der Waals surface area contributed by atoms with Crippen molar-refractivity contribution in [2.75, 3.05) is 18.6 Å². The van der Waals surface area contributed by atoms with Crippen LogP contribution in [-0.2, 0) is 18.3 Å². The number of aromatic nitrogens is 4. The zero-order chi connectivity index (χ0) is 24.9. The van der Waals surface area contributed by atoms with Gasteiger partial charge in [0.2, 0.25) is 5.95 Å². The maximum atomic E-state index is 6.60. The van der Waals surface area contributed by atoms with E-state index in [-0.39, 0.29) is 12.1 Å². The molecule has 1 aromatic heterocycles. The van der Waals surface area contributed by atoms with Crippen molar-refractivity contribution in [3.8, 4) is 5.75 Å². The van der Waals surface area contributed by atoms with E-state index in [4.69, 9.17) is 9.47 Å². The molecule has 1 aliphatic carbocycles. The fraction of sp³-hybridized carbons (Fsp3) is 0.536. The molecule has 0 amide bonds. The van der Waals surface area contributed by atoms with Crippen molar-refractivity contribution >= 4 is 5.95 Å². The standard InChI is InChI=1S/C28H38N6O2/c1-20-17-26(29-18-21-9-13-24(35-3)14-10-21)27(34(20)28-30-31-32-33(28)2)19-36-25-15-11-23(12-16-25)22-7-5-4-6-8-22/h4-10,13-14,20,23,25-27,29H,11-12,15-19H2,1-3H3/t20-,23-,25+,26+,27?/m1/s1. The third kappa shape index (κ3) is 5.55. The molecule has 36 heavy (non-hydrogen) atoms. The average molecular weight is 491 g/mol. The Morgan fingerprint density at radius 1 is 1.00 bits per heavy atom. The molecule has 2 fully saturated rings. The minimum Gasteiger partial charge on any atom is -0.497 e. The highest BCUT2D eigenvalue weighted by Crippen LogP contribution is 2.35. The first-order chi connectivity index (χ1) is 17.6. The van der Waals surface area contributed by atoms with E-state index in [9.17, 15) is 0 Å². The molecule has 5 rings (SSSR count). The van der Waals surface area contributed by atoms with Gasteiger partial charge in [-0.05, 0) is 78.6 Å². The van der Waals surface area contributed by atoms with Crippen molar-refractivity contribution in [3.63, 3.8) is 0 Å². The molecule has 2 aromatic carbocycles. The van der Waals surface area contributed by atoms with Gasteiger partial charge < -0.3 is 19.7 Å². The summed E-state index contributed by atoms with van der Waals surface area (Å²) in [5.41, 5.74) is 2.70. The Hall–Kier alpha value is -2.97. The van der Waals surface area contributed by atoms with Gasteiger partial charge in [-0.25, -0.2) is 4.68 Å². The molecule has 3 atom stereocenters. The second kappa shape index (κ2) is 11.4. The van der Waals surface area contributed by atoms with Gasteiger partial charge in [-0.1, -0.05) is 47.6 Å². The van der Waals surface area contributed by atoms with Crippen molar-refractivity contribution in [1.82, 2.24) is 25.5 Å². The average Bonchev–Trinajstić information content (AvgIpc) is 3.48. The Morgan fingerprint density at radius 2 is 1.75 bits per heavy atom.